The minimum Gasteiger partial charge on any atom is -0.332 e. The number of amidine groups is 1. The van der Waals surface area contributed by atoms with E-state index in [9.17, 15) is 0 Å². The zero-order chi connectivity index (χ0) is 21.5. The second kappa shape index (κ2) is 7.95. The Labute approximate surface area is 194 Å². The van der Waals surface area contributed by atoms with Crippen LogP contribution in [-0.4, -0.2) is 23.4 Å². The van der Waals surface area contributed by atoms with Gasteiger partial charge in [0, 0.05) is 28.1 Å². The molecule has 4 nitrogen and oxygen atoms in total. The highest BCUT2D eigenvalue weighted by Crippen LogP contribution is 2.50. The third-order valence-electron chi connectivity index (χ3n) is 6.99. The average molecular weight is 444 g/mol. The lowest BCUT2D eigenvalue weighted by Crippen LogP contribution is -2.65. The lowest BCUT2D eigenvalue weighted by atomic mass is 9.81. The van der Waals surface area contributed by atoms with Crippen LogP contribution in [0.2, 0.25) is 5.02 Å². The van der Waals surface area contributed by atoms with Crippen molar-refractivity contribution >= 4 is 23.1 Å². The summed E-state index contributed by atoms with van der Waals surface area (Å²) in [5, 5.41) is 8.04. The fourth-order valence-electron chi connectivity index (χ4n) is 5.51. The van der Waals surface area contributed by atoms with Crippen LogP contribution >= 0.6 is 11.6 Å². The minimum absolute atomic E-state index is 0.376. The number of ether oxygens (including phenoxy) is 1. The van der Waals surface area contributed by atoms with Gasteiger partial charge in [-0.25, -0.2) is 5.01 Å². The van der Waals surface area contributed by atoms with E-state index < -0.39 is 5.85 Å². The van der Waals surface area contributed by atoms with Crippen LogP contribution in [0.15, 0.2) is 90.0 Å². The summed E-state index contributed by atoms with van der Waals surface area (Å²) in [4.78, 5) is 2.46. The van der Waals surface area contributed by atoms with Crippen LogP contribution in [0, 0.1) is 5.92 Å². The molecule has 3 aliphatic rings. The third kappa shape index (κ3) is 3.05. The van der Waals surface area contributed by atoms with Gasteiger partial charge in [0.05, 0.1) is 12.3 Å². The lowest BCUT2D eigenvalue weighted by Gasteiger charge is -2.54. The van der Waals surface area contributed by atoms with E-state index in [-0.39, 0.29) is 0 Å². The van der Waals surface area contributed by atoms with Crippen molar-refractivity contribution in [3.63, 3.8) is 0 Å². The number of para-hydroxylation sites is 1. The predicted octanol–water partition coefficient (Wildman–Crippen LogP) is 6.22. The summed E-state index contributed by atoms with van der Waals surface area (Å²) in [5.74, 6) is 0.644. The van der Waals surface area contributed by atoms with Gasteiger partial charge in [0.2, 0.25) is 0 Å². The van der Waals surface area contributed by atoms with Crippen molar-refractivity contribution < 1.29 is 4.74 Å². The topological polar surface area (TPSA) is 28.1 Å². The number of benzene rings is 3. The molecular weight excluding hydrogens is 418 g/mol. The number of fused-ring (bicyclic) bond motifs is 3. The number of hydrazone groups is 1. The predicted molar refractivity (Wildman–Crippen MR) is 129 cm³/mol. The Morgan fingerprint density at radius 3 is 2.28 bits per heavy atom. The number of anilines is 1. The third-order valence-corrected chi connectivity index (χ3v) is 7.24. The fourth-order valence-corrected chi connectivity index (χ4v) is 5.64. The summed E-state index contributed by atoms with van der Waals surface area (Å²) in [7, 11) is 0. The molecule has 3 aromatic rings. The number of nitrogens with zero attached hydrogens (tertiary/aromatic N) is 3. The van der Waals surface area contributed by atoms with Crippen LogP contribution < -0.4 is 5.01 Å². The standard InChI is InChI=1S/C27H26ClN3O/c28-23-17-15-22(16-18-23)27-30(25-14-8-7-11-21(25)19-32-27)26(20-9-3-1-4-10-20)29-31(27)24-12-5-2-6-13-24/h1-6,9-10,12-13,15-18,21,25H,7-8,11,14,19H2/t21-,25-,27-/m0/s1. The Bertz CT molecular complexity index is 1120. The fraction of sp³-hybridized carbons (Fsp3) is 0.296. The molecule has 0 amide bonds. The molecule has 6 rings (SSSR count). The highest BCUT2D eigenvalue weighted by Gasteiger charge is 2.59. The van der Waals surface area contributed by atoms with Crippen molar-refractivity contribution in [3.05, 3.63) is 101 Å². The Morgan fingerprint density at radius 1 is 0.844 bits per heavy atom. The Kier molecular flexibility index (Phi) is 4.93. The molecule has 2 fully saturated rings. The Morgan fingerprint density at radius 2 is 1.53 bits per heavy atom. The first kappa shape index (κ1) is 19.8. The average Bonchev–Trinajstić information content (AvgIpc) is 3.22. The quantitative estimate of drug-likeness (QED) is 0.480. The van der Waals surface area contributed by atoms with Crippen LogP contribution in [0.5, 0.6) is 0 Å². The van der Waals surface area contributed by atoms with Crippen LogP contribution in [-0.2, 0) is 10.6 Å². The highest BCUT2D eigenvalue weighted by molar-refractivity contribution is 6.30. The maximum Gasteiger partial charge on any atom is 0.270 e. The molecule has 3 aromatic carbocycles. The van der Waals surface area contributed by atoms with Crippen LogP contribution in [0.25, 0.3) is 0 Å². The highest BCUT2D eigenvalue weighted by atomic mass is 35.5. The molecule has 0 aromatic heterocycles. The van der Waals surface area contributed by atoms with Crippen molar-refractivity contribution in [1.29, 1.82) is 0 Å². The van der Waals surface area contributed by atoms with Crippen molar-refractivity contribution in [2.75, 3.05) is 11.6 Å². The largest absolute Gasteiger partial charge is 0.332 e. The van der Waals surface area contributed by atoms with Crippen molar-refractivity contribution in [1.82, 2.24) is 4.90 Å². The van der Waals surface area contributed by atoms with E-state index in [2.05, 4.69) is 76.6 Å². The molecule has 0 unspecified atom stereocenters. The van der Waals surface area contributed by atoms with E-state index >= 15 is 0 Å². The minimum atomic E-state index is -0.838. The van der Waals surface area contributed by atoms with E-state index in [0.717, 1.165) is 40.7 Å². The lowest BCUT2D eigenvalue weighted by molar-refractivity contribution is -0.203. The van der Waals surface area contributed by atoms with Gasteiger partial charge in [-0.05, 0) is 37.1 Å². The van der Waals surface area contributed by atoms with Crippen molar-refractivity contribution in [3.8, 4) is 0 Å². The molecule has 1 saturated carbocycles. The summed E-state index contributed by atoms with van der Waals surface area (Å²) < 4.78 is 6.90. The van der Waals surface area contributed by atoms with E-state index in [1.165, 1.54) is 19.3 Å². The molecule has 32 heavy (non-hydrogen) atoms. The molecule has 2 heterocycles. The molecule has 0 N–H and O–H groups in total. The summed E-state index contributed by atoms with van der Waals surface area (Å²) in [6.45, 7) is 0.727. The van der Waals surface area contributed by atoms with Gasteiger partial charge in [0.1, 0.15) is 0 Å². The monoisotopic (exact) mass is 443 g/mol. The maximum atomic E-state index is 6.90. The molecular formula is C27H26ClN3O. The van der Waals surface area contributed by atoms with Crippen LogP contribution in [0.1, 0.15) is 36.8 Å². The smallest absolute Gasteiger partial charge is 0.270 e. The van der Waals surface area contributed by atoms with Gasteiger partial charge in [-0.15, -0.1) is 5.10 Å². The Hall–Kier alpha value is -2.82. The second-order valence-corrected chi connectivity index (χ2v) is 9.28. The van der Waals surface area contributed by atoms with E-state index in [1.807, 2.05) is 18.2 Å². The summed E-state index contributed by atoms with van der Waals surface area (Å²) >= 11 is 6.28. The zero-order valence-corrected chi connectivity index (χ0v) is 18.7. The number of hydrogen-bond donors (Lipinski definition) is 0. The summed E-state index contributed by atoms with van der Waals surface area (Å²) in [5.41, 5.74) is 3.16. The molecule has 0 bridgehead atoms. The molecule has 1 saturated heterocycles. The van der Waals surface area contributed by atoms with Gasteiger partial charge in [0.15, 0.2) is 5.84 Å². The van der Waals surface area contributed by atoms with E-state index in [1.54, 1.807) is 0 Å². The van der Waals surface area contributed by atoms with Gasteiger partial charge >= 0.3 is 0 Å². The summed E-state index contributed by atoms with van der Waals surface area (Å²) in [6, 6.07) is 29.3. The maximum absolute atomic E-state index is 6.90. The number of halogens is 1. The molecule has 5 heteroatoms. The van der Waals surface area contributed by atoms with Gasteiger partial charge in [-0.3, -0.25) is 0 Å². The first-order valence-electron chi connectivity index (χ1n) is 11.5. The van der Waals surface area contributed by atoms with Gasteiger partial charge in [-0.1, -0.05) is 85.1 Å². The second-order valence-electron chi connectivity index (χ2n) is 8.85. The Balaban J connectivity index is 1.59. The normalized spacial score (nSPS) is 27.0. The van der Waals surface area contributed by atoms with Gasteiger partial charge in [-0.2, -0.15) is 0 Å². The summed E-state index contributed by atoms with van der Waals surface area (Å²) in [6.07, 6.45) is 4.86. The molecule has 2 aliphatic heterocycles. The molecule has 0 spiro atoms. The van der Waals surface area contributed by atoms with Crippen LogP contribution in [0.3, 0.4) is 0 Å². The first-order valence-corrected chi connectivity index (χ1v) is 11.8. The zero-order valence-electron chi connectivity index (χ0n) is 17.9. The van der Waals surface area contributed by atoms with Gasteiger partial charge in [0.25, 0.3) is 5.85 Å². The van der Waals surface area contributed by atoms with Gasteiger partial charge < -0.3 is 9.64 Å². The van der Waals surface area contributed by atoms with Crippen LogP contribution in [0.4, 0.5) is 5.69 Å². The first-order chi connectivity index (χ1) is 15.8. The SMILES string of the molecule is Clc1ccc([C@]23OC[C@@H]4CCCC[C@@H]4N2C(c2ccccc2)=NN3c2ccccc2)cc1. The number of hydrogen-bond acceptors (Lipinski definition) is 4. The van der Waals surface area contributed by atoms with E-state index in [0.29, 0.717) is 12.0 Å². The van der Waals surface area contributed by atoms with Crippen molar-refractivity contribution in [2.45, 2.75) is 37.6 Å². The molecule has 162 valence electrons. The molecule has 1 aliphatic carbocycles. The van der Waals surface area contributed by atoms with E-state index in [4.69, 9.17) is 21.4 Å². The molecule has 0 radical (unpaired) electrons. The number of rotatable bonds is 3. The molecule has 3 atom stereocenters. The van der Waals surface area contributed by atoms with Crippen molar-refractivity contribution in [2.24, 2.45) is 11.0 Å².